The molecule has 18 heavy (non-hydrogen) atoms. The summed E-state index contributed by atoms with van der Waals surface area (Å²) in [5.41, 5.74) is 0.538. The normalized spacial score (nSPS) is 10.8. The van der Waals surface area contributed by atoms with Gasteiger partial charge in [-0.25, -0.2) is 0 Å². The van der Waals surface area contributed by atoms with Gasteiger partial charge in [-0.05, 0) is 38.5 Å². The molecule has 0 aliphatic heterocycles. The minimum Gasteiger partial charge on any atom is -0.336 e. The van der Waals surface area contributed by atoms with E-state index in [1.807, 2.05) is 18.7 Å². The van der Waals surface area contributed by atoms with Crippen LogP contribution in [-0.2, 0) is 0 Å². The molecule has 1 aromatic carbocycles. The van der Waals surface area contributed by atoms with Crippen LogP contribution < -0.4 is 0 Å². The molecule has 2 nitrogen and oxygen atoms in total. The number of alkyl halides is 1. The van der Waals surface area contributed by atoms with Crippen molar-refractivity contribution in [1.29, 1.82) is 0 Å². The third-order valence-electron chi connectivity index (χ3n) is 2.53. The Morgan fingerprint density at radius 2 is 1.83 bits per heavy atom. The quantitative estimate of drug-likeness (QED) is 0.707. The highest BCUT2D eigenvalue weighted by Crippen LogP contribution is 2.21. The van der Waals surface area contributed by atoms with Crippen molar-refractivity contribution in [1.82, 2.24) is 4.90 Å². The molecule has 0 saturated carbocycles. The number of carbonyl (C=O) groups excluding carboxylic acids is 1. The average Bonchev–Trinajstić information content (AvgIpc) is 2.27. The van der Waals surface area contributed by atoms with Crippen LogP contribution in [0.15, 0.2) is 18.2 Å². The standard InChI is InChI=1S/C13H16BrCl2NO/c1-9(2)17(5-3-4-14)13(18)10-6-11(15)8-12(16)7-10/h6-9H,3-5H2,1-2H3. The molecule has 0 spiro atoms. The van der Waals surface area contributed by atoms with Crippen LogP contribution >= 0.6 is 39.1 Å². The summed E-state index contributed by atoms with van der Waals surface area (Å²) in [5, 5.41) is 1.84. The predicted octanol–water partition coefficient (Wildman–Crippen LogP) is 4.63. The Bertz CT molecular complexity index is 403. The zero-order chi connectivity index (χ0) is 13.7. The van der Waals surface area contributed by atoms with Crippen molar-refractivity contribution in [2.24, 2.45) is 0 Å². The Kier molecular flexibility index (Phi) is 6.47. The van der Waals surface area contributed by atoms with Crippen molar-refractivity contribution in [3.05, 3.63) is 33.8 Å². The molecule has 0 aliphatic rings. The number of nitrogens with zero attached hydrogens (tertiary/aromatic N) is 1. The molecule has 0 atom stereocenters. The summed E-state index contributed by atoms with van der Waals surface area (Å²) < 4.78 is 0. The third-order valence-corrected chi connectivity index (χ3v) is 3.52. The summed E-state index contributed by atoms with van der Waals surface area (Å²) in [6.07, 6.45) is 0.915. The van der Waals surface area contributed by atoms with Crippen LogP contribution in [-0.4, -0.2) is 28.7 Å². The van der Waals surface area contributed by atoms with E-state index in [0.29, 0.717) is 22.2 Å². The molecule has 0 aromatic heterocycles. The summed E-state index contributed by atoms with van der Waals surface area (Å²) in [6.45, 7) is 4.71. The van der Waals surface area contributed by atoms with Crippen molar-refractivity contribution in [3.8, 4) is 0 Å². The van der Waals surface area contributed by atoms with Gasteiger partial charge in [0.05, 0.1) is 0 Å². The van der Waals surface area contributed by atoms with E-state index in [2.05, 4.69) is 15.9 Å². The Morgan fingerprint density at radius 1 is 1.28 bits per heavy atom. The fourth-order valence-corrected chi connectivity index (χ4v) is 2.44. The van der Waals surface area contributed by atoms with Crippen molar-refractivity contribution in [2.75, 3.05) is 11.9 Å². The second-order valence-electron chi connectivity index (χ2n) is 4.29. The largest absolute Gasteiger partial charge is 0.336 e. The Balaban J connectivity index is 2.94. The van der Waals surface area contributed by atoms with Gasteiger partial charge in [-0.2, -0.15) is 0 Å². The van der Waals surface area contributed by atoms with Gasteiger partial charge in [-0.3, -0.25) is 4.79 Å². The fourth-order valence-electron chi connectivity index (χ4n) is 1.67. The SMILES string of the molecule is CC(C)N(CCCBr)C(=O)c1cc(Cl)cc(Cl)c1. The summed E-state index contributed by atoms with van der Waals surface area (Å²) in [5.74, 6) is -0.0321. The van der Waals surface area contributed by atoms with Crippen molar-refractivity contribution < 1.29 is 4.79 Å². The maximum absolute atomic E-state index is 12.4. The van der Waals surface area contributed by atoms with Gasteiger partial charge in [-0.15, -0.1) is 0 Å². The van der Waals surface area contributed by atoms with Crippen LogP contribution in [0.25, 0.3) is 0 Å². The number of rotatable bonds is 5. The second kappa shape index (κ2) is 7.37. The van der Waals surface area contributed by atoms with Crippen LogP contribution in [0.5, 0.6) is 0 Å². The molecule has 0 aliphatic carbocycles. The van der Waals surface area contributed by atoms with Crippen LogP contribution in [0.3, 0.4) is 0 Å². The molecule has 0 fully saturated rings. The van der Waals surface area contributed by atoms with E-state index in [1.54, 1.807) is 18.2 Å². The van der Waals surface area contributed by atoms with E-state index in [1.165, 1.54) is 0 Å². The molecule has 1 aromatic rings. The van der Waals surface area contributed by atoms with E-state index in [9.17, 15) is 4.79 Å². The molecule has 100 valence electrons. The summed E-state index contributed by atoms with van der Waals surface area (Å²) >= 11 is 15.2. The molecule has 1 amide bonds. The minimum atomic E-state index is -0.0321. The first kappa shape index (κ1) is 15.8. The molecule has 0 unspecified atom stereocenters. The number of hydrogen-bond donors (Lipinski definition) is 0. The number of halogens is 3. The highest BCUT2D eigenvalue weighted by Gasteiger charge is 2.18. The highest BCUT2D eigenvalue weighted by molar-refractivity contribution is 9.09. The predicted molar refractivity (Wildman–Crippen MR) is 81.0 cm³/mol. The number of carbonyl (C=O) groups is 1. The maximum Gasteiger partial charge on any atom is 0.254 e. The van der Waals surface area contributed by atoms with Crippen molar-refractivity contribution in [2.45, 2.75) is 26.3 Å². The first-order valence-corrected chi connectivity index (χ1v) is 7.66. The van der Waals surface area contributed by atoms with Gasteiger partial charge in [0, 0.05) is 33.5 Å². The fraction of sp³-hybridized carbons (Fsp3) is 0.462. The Morgan fingerprint density at radius 3 is 2.28 bits per heavy atom. The van der Waals surface area contributed by atoms with Crippen LogP contribution in [0.2, 0.25) is 10.0 Å². The average molecular weight is 353 g/mol. The molecule has 0 N–H and O–H groups in total. The van der Waals surface area contributed by atoms with Crippen LogP contribution in [0, 0.1) is 0 Å². The lowest BCUT2D eigenvalue weighted by atomic mass is 10.1. The highest BCUT2D eigenvalue weighted by atomic mass is 79.9. The Hall–Kier alpha value is -0.250. The zero-order valence-corrected chi connectivity index (χ0v) is 13.5. The smallest absolute Gasteiger partial charge is 0.254 e. The molecular formula is C13H16BrCl2NO. The molecule has 1 rings (SSSR count). The second-order valence-corrected chi connectivity index (χ2v) is 5.96. The monoisotopic (exact) mass is 351 g/mol. The summed E-state index contributed by atoms with van der Waals surface area (Å²) in [6, 6.07) is 5.07. The van der Waals surface area contributed by atoms with Gasteiger partial charge < -0.3 is 4.90 Å². The van der Waals surface area contributed by atoms with Gasteiger partial charge >= 0.3 is 0 Å². The van der Waals surface area contributed by atoms with E-state index in [4.69, 9.17) is 23.2 Å². The third kappa shape index (κ3) is 4.45. The molecule has 0 bridgehead atoms. The van der Waals surface area contributed by atoms with E-state index in [-0.39, 0.29) is 11.9 Å². The minimum absolute atomic E-state index is 0.0321. The lowest BCUT2D eigenvalue weighted by molar-refractivity contribution is 0.0706. The number of hydrogen-bond acceptors (Lipinski definition) is 1. The summed E-state index contributed by atoms with van der Waals surface area (Å²) in [4.78, 5) is 14.2. The topological polar surface area (TPSA) is 20.3 Å². The lowest BCUT2D eigenvalue weighted by Gasteiger charge is -2.26. The first-order chi connectivity index (χ1) is 8.45. The maximum atomic E-state index is 12.4. The Labute approximate surface area is 126 Å². The van der Waals surface area contributed by atoms with E-state index < -0.39 is 0 Å². The van der Waals surface area contributed by atoms with Gasteiger partial charge in [0.15, 0.2) is 0 Å². The summed E-state index contributed by atoms with van der Waals surface area (Å²) in [7, 11) is 0. The molecule has 0 heterocycles. The van der Waals surface area contributed by atoms with Crippen LogP contribution in [0.1, 0.15) is 30.6 Å². The molecular weight excluding hydrogens is 337 g/mol. The van der Waals surface area contributed by atoms with Crippen LogP contribution in [0.4, 0.5) is 0 Å². The molecule has 0 radical (unpaired) electrons. The first-order valence-electron chi connectivity index (χ1n) is 5.78. The lowest BCUT2D eigenvalue weighted by Crippen LogP contribution is -2.37. The van der Waals surface area contributed by atoms with Gasteiger partial charge in [0.1, 0.15) is 0 Å². The van der Waals surface area contributed by atoms with Crippen molar-refractivity contribution in [3.63, 3.8) is 0 Å². The number of benzene rings is 1. The van der Waals surface area contributed by atoms with Gasteiger partial charge in [0.25, 0.3) is 5.91 Å². The van der Waals surface area contributed by atoms with Gasteiger partial charge in [-0.1, -0.05) is 39.1 Å². The van der Waals surface area contributed by atoms with Crippen molar-refractivity contribution >= 4 is 45.0 Å². The van der Waals surface area contributed by atoms with Gasteiger partial charge in [0.2, 0.25) is 0 Å². The van der Waals surface area contributed by atoms with E-state index >= 15 is 0 Å². The molecule has 0 saturated heterocycles. The van der Waals surface area contributed by atoms with E-state index in [0.717, 1.165) is 11.8 Å². The number of amides is 1. The molecule has 5 heteroatoms. The zero-order valence-electron chi connectivity index (χ0n) is 10.4.